The first-order valence-corrected chi connectivity index (χ1v) is 25.1. The lowest BCUT2D eigenvalue weighted by Crippen LogP contribution is -2.48. The van der Waals surface area contributed by atoms with Gasteiger partial charge < -0.3 is 29.9 Å². The zero-order valence-electron chi connectivity index (χ0n) is 32.1. The lowest BCUT2D eigenvalue weighted by Gasteiger charge is -2.38. The highest BCUT2D eigenvalue weighted by Crippen LogP contribution is 2.38. The highest BCUT2D eigenvalue weighted by atomic mass is 28.4. The quantitative estimate of drug-likeness (QED) is 0.0667. The van der Waals surface area contributed by atoms with Gasteiger partial charge in [0.05, 0.1) is 5.56 Å². The highest BCUT2D eigenvalue weighted by Gasteiger charge is 2.40. The van der Waals surface area contributed by atoms with Crippen molar-refractivity contribution in [2.75, 3.05) is 13.4 Å². The number of hydrogen-bond acceptors (Lipinski definition) is 6. The maximum Gasteiger partial charge on any atom is 0.262 e. The van der Waals surface area contributed by atoms with Gasteiger partial charge in [-0.1, -0.05) is 110 Å². The van der Waals surface area contributed by atoms with Gasteiger partial charge in [-0.3, -0.25) is 14.4 Å². The van der Waals surface area contributed by atoms with Crippen molar-refractivity contribution < 1.29 is 28.3 Å². The summed E-state index contributed by atoms with van der Waals surface area (Å²) in [5.41, 5.74) is 6.14. The van der Waals surface area contributed by atoms with Crippen molar-refractivity contribution in [3.05, 3.63) is 42.1 Å². The summed E-state index contributed by atoms with van der Waals surface area (Å²) in [4.78, 5) is 41.2. The molecule has 0 aliphatic carbocycles. The number of amides is 3. The molecule has 1 aromatic rings. The SMILES string of the molecule is CCCCCC[C@H](CCCCC[C@@H](O[Si](C)(C)C(C)(C)C)C(N)=O)NC(=O)C1CC=CN1C(=O)c1ccccc1OCOCC[Si](C)(C)C. The topological polar surface area (TPSA) is 120 Å². The van der Waals surface area contributed by atoms with Gasteiger partial charge in [-0.2, -0.15) is 0 Å². The minimum atomic E-state index is -2.12. The fraction of sp³-hybridized carbons (Fsp3) is 0.711. The zero-order valence-corrected chi connectivity index (χ0v) is 34.1. The van der Waals surface area contributed by atoms with Crippen LogP contribution < -0.4 is 15.8 Å². The van der Waals surface area contributed by atoms with Crippen molar-refractivity contribution in [1.29, 1.82) is 0 Å². The number of carbonyl (C=O) groups is 3. The van der Waals surface area contributed by atoms with Crippen LogP contribution in [0.3, 0.4) is 0 Å². The van der Waals surface area contributed by atoms with Crippen molar-refractivity contribution in [3.63, 3.8) is 0 Å². The van der Waals surface area contributed by atoms with E-state index < -0.39 is 34.4 Å². The number of carbonyl (C=O) groups excluding carboxylic acids is 3. The monoisotopic (exact) mass is 717 g/mol. The van der Waals surface area contributed by atoms with E-state index >= 15 is 0 Å². The minimum Gasteiger partial charge on any atom is -0.467 e. The fourth-order valence-corrected chi connectivity index (χ4v) is 7.56. The molecule has 49 heavy (non-hydrogen) atoms. The van der Waals surface area contributed by atoms with E-state index in [2.05, 4.69) is 65.7 Å². The van der Waals surface area contributed by atoms with Gasteiger partial charge in [0.15, 0.2) is 15.1 Å². The Hall–Kier alpha value is -2.48. The molecule has 1 aromatic carbocycles. The first kappa shape index (κ1) is 42.7. The normalized spacial score (nSPS) is 16.4. The average molecular weight is 718 g/mol. The third-order valence-corrected chi connectivity index (χ3v) is 15.9. The zero-order chi connectivity index (χ0) is 36.7. The second kappa shape index (κ2) is 20.4. The summed E-state index contributed by atoms with van der Waals surface area (Å²) in [7, 11) is -3.33. The van der Waals surface area contributed by atoms with Crippen LogP contribution >= 0.6 is 0 Å². The number of hydrogen-bond donors (Lipinski definition) is 2. The Morgan fingerprint density at radius 3 is 2.20 bits per heavy atom. The van der Waals surface area contributed by atoms with Crippen LogP contribution in [-0.2, 0) is 18.8 Å². The summed E-state index contributed by atoms with van der Waals surface area (Å²) in [5.74, 6) is -0.351. The Morgan fingerprint density at radius 1 is 0.959 bits per heavy atom. The Morgan fingerprint density at radius 2 is 1.59 bits per heavy atom. The van der Waals surface area contributed by atoms with E-state index in [-0.39, 0.29) is 29.7 Å². The molecule has 3 amide bonds. The van der Waals surface area contributed by atoms with Crippen LogP contribution in [-0.4, -0.2) is 70.6 Å². The average Bonchev–Trinajstić information content (AvgIpc) is 3.51. The van der Waals surface area contributed by atoms with Crippen LogP contribution in [0, 0.1) is 0 Å². The molecular weight excluding hydrogens is 651 g/mol. The predicted octanol–water partition coefficient (Wildman–Crippen LogP) is 8.39. The second-order valence-corrected chi connectivity index (χ2v) is 26.7. The van der Waals surface area contributed by atoms with Gasteiger partial charge in [0, 0.05) is 26.9 Å². The van der Waals surface area contributed by atoms with Crippen LogP contribution in [0.1, 0.15) is 109 Å². The summed E-state index contributed by atoms with van der Waals surface area (Å²) in [6.07, 6.45) is 13.0. The molecule has 1 heterocycles. The molecule has 278 valence electrons. The molecular formula is C38H67N3O6Si2. The second-order valence-electron chi connectivity index (χ2n) is 16.3. The number of nitrogens with one attached hydrogen (secondary N) is 1. The van der Waals surface area contributed by atoms with E-state index in [0.717, 1.165) is 57.4 Å². The van der Waals surface area contributed by atoms with Gasteiger partial charge in [-0.05, 0) is 62.0 Å². The van der Waals surface area contributed by atoms with Gasteiger partial charge in [0.2, 0.25) is 11.8 Å². The first-order valence-electron chi connectivity index (χ1n) is 18.5. The van der Waals surface area contributed by atoms with E-state index in [1.807, 2.05) is 12.1 Å². The van der Waals surface area contributed by atoms with E-state index in [0.29, 0.717) is 30.8 Å². The number of unbranched alkanes of at least 4 members (excludes halogenated alkanes) is 5. The van der Waals surface area contributed by atoms with Crippen LogP contribution in [0.2, 0.25) is 43.8 Å². The molecule has 11 heteroatoms. The molecule has 9 nitrogen and oxygen atoms in total. The highest BCUT2D eigenvalue weighted by molar-refractivity contribution is 6.76. The Kier molecular flexibility index (Phi) is 17.8. The summed E-state index contributed by atoms with van der Waals surface area (Å²) < 4.78 is 17.9. The van der Waals surface area contributed by atoms with Crippen molar-refractivity contribution in [2.24, 2.45) is 5.73 Å². The molecule has 1 aliphatic rings. The van der Waals surface area contributed by atoms with Gasteiger partial charge in [0.1, 0.15) is 17.9 Å². The molecule has 1 unspecified atom stereocenters. The largest absolute Gasteiger partial charge is 0.467 e. The molecule has 3 atom stereocenters. The minimum absolute atomic E-state index is 0.00213. The number of benzene rings is 1. The van der Waals surface area contributed by atoms with Crippen molar-refractivity contribution >= 4 is 34.1 Å². The van der Waals surface area contributed by atoms with Crippen LogP contribution in [0.5, 0.6) is 5.75 Å². The van der Waals surface area contributed by atoms with Gasteiger partial charge in [-0.25, -0.2) is 0 Å². The molecule has 0 fully saturated rings. The summed E-state index contributed by atoms with van der Waals surface area (Å²) >= 11 is 0. The number of para-hydroxylation sites is 1. The predicted molar refractivity (Wildman–Crippen MR) is 205 cm³/mol. The Bertz CT molecular complexity index is 1210. The lowest BCUT2D eigenvalue weighted by molar-refractivity contribution is -0.126. The van der Waals surface area contributed by atoms with Gasteiger partial charge in [-0.15, -0.1) is 0 Å². The number of rotatable bonds is 23. The number of nitrogens with two attached hydrogens (primary N) is 1. The van der Waals surface area contributed by atoms with Crippen molar-refractivity contribution in [1.82, 2.24) is 10.2 Å². The van der Waals surface area contributed by atoms with E-state index in [9.17, 15) is 14.4 Å². The van der Waals surface area contributed by atoms with E-state index in [4.69, 9.17) is 19.6 Å². The van der Waals surface area contributed by atoms with Crippen LogP contribution in [0.4, 0.5) is 0 Å². The smallest absolute Gasteiger partial charge is 0.262 e. The van der Waals surface area contributed by atoms with Gasteiger partial charge >= 0.3 is 0 Å². The molecule has 3 N–H and O–H groups in total. The fourth-order valence-electron chi connectivity index (χ4n) is 5.51. The Labute approximate surface area is 299 Å². The van der Waals surface area contributed by atoms with Crippen LogP contribution in [0.15, 0.2) is 36.5 Å². The molecule has 0 saturated carbocycles. The molecule has 0 radical (unpaired) electrons. The lowest BCUT2D eigenvalue weighted by atomic mass is 9.99. The van der Waals surface area contributed by atoms with Crippen molar-refractivity contribution in [2.45, 2.75) is 160 Å². The molecule has 2 rings (SSSR count). The van der Waals surface area contributed by atoms with Crippen LogP contribution in [0.25, 0.3) is 0 Å². The number of nitrogens with zero attached hydrogens (tertiary/aromatic N) is 1. The third kappa shape index (κ3) is 15.1. The third-order valence-electron chi connectivity index (χ3n) is 9.74. The molecule has 1 aliphatic heterocycles. The van der Waals surface area contributed by atoms with Crippen molar-refractivity contribution in [3.8, 4) is 5.75 Å². The maximum atomic E-state index is 13.8. The summed E-state index contributed by atoms with van der Waals surface area (Å²) in [5, 5.41) is 3.30. The first-order chi connectivity index (χ1) is 23.0. The Balaban J connectivity index is 1.99. The van der Waals surface area contributed by atoms with Gasteiger partial charge in [0.25, 0.3) is 5.91 Å². The molecule has 0 saturated heterocycles. The maximum absolute atomic E-state index is 13.8. The summed E-state index contributed by atoms with van der Waals surface area (Å²) in [6.45, 7) is 20.5. The number of ether oxygens (including phenoxy) is 2. The summed E-state index contributed by atoms with van der Waals surface area (Å²) in [6, 6.07) is 7.57. The standard InChI is InChI=1S/C38H67N3O6Si2/c1-10-11-12-14-20-30(21-15-13-16-25-34(35(39)42)47-49(8,9)38(2,3)4)40-36(43)32-23-19-26-41(32)37(44)31-22-17-18-24-33(31)46-29-45-27-28-48(5,6)7/h17-19,22,24,26,30,32,34H,10-16,20-21,23,25,27-29H2,1-9H3,(H2,39,42)(H,40,43)/t30-,32?,34-/m1/s1. The molecule has 0 spiro atoms. The molecule has 0 aromatic heterocycles. The van der Waals surface area contributed by atoms with E-state index in [1.165, 1.54) is 11.3 Å². The number of primary amides is 1. The van der Waals surface area contributed by atoms with E-state index in [1.54, 1.807) is 24.4 Å². The molecule has 0 bridgehead atoms.